The van der Waals surface area contributed by atoms with Gasteiger partial charge < -0.3 is 10.0 Å². The van der Waals surface area contributed by atoms with Crippen LogP contribution in [0.4, 0.5) is 0 Å². The second-order valence-electron chi connectivity index (χ2n) is 6.31. The summed E-state index contributed by atoms with van der Waals surface area (Å²) in [4.78, 5) is 4.81. The van der Waals surface area contributed by atoms with Crippen LogP contribution in [-0.4, -0.2) is 60.3 Å². The van der Waals surface area contributed by atoms with Crippen LogP contribution in [0.1, 0.15) is 44.9 Å². The summed E-state index contributed by atoms with van der Waals surface area (Å²) in [5.74, 6) is 0. The molecule has 2 fully saturated rings. The number of hydrogen-bond donors (Lipinski definition) is 1. The van der Waals surface area contributed by atoms with Crippen molar-refractivity contribution in [3.8, 4) is 0 Å². The summed E-state index contributed by atoms with van der Waals surface area (Å²) in [6, 6.07) is 0.390. The van der Waals surface area contributed by atoms with Gasteiger partial charge in [0.25, 0.3) is 0 Å². The first-order valence-corrected chi connectivity index (χ1v) is 7.11. The normalized spacial score (nSPS) is 32.8. The van der Waals surface area contributed by atoms with Crippen molar-refractivity contribution in [2.24, 2.45) is 0 Å². The summed E-state index contributed by atoms with van der Waals surface area (Å²) in [5, 5.41) is 10.1. The van der Waals surface area contributed by atoms with E-state index in [4.69, 9.17) is 0 Å². The molecule has 0 bridgehead atoms. The molecular weight excluding hydrogens is 212 g/mol. The molecule has 2 aliphatic rings. The molecule has 0 amide bonds. The smallest absolute Gasteiger partial charge is 0.0695 e. The van der Waals surface area contributed by atoms with Crippen LogP contribution in [0, 0.1) is 0 Å². The van der Waals surface area contributed by atoms with Gasteiger partial charge in [-0.05, 0) is 53.2 Å². The lowest BCUT2D eigenvalue weighted by Crippen LogP contribution is -2.59. The third-order valence-electron chi connectivity index (χ3n) is 5.04. The van der Waals surface area contributed by atoms with Gasteiger partial charge in [-0.3, -0.25) is 4.90 Å². The summed E-state index contributed by atoms with van der Waals surface area (Å²) in [6.07, 6.45) is 8.52. The maximum absolute atomic E-state index is 10.1. The molecule has 0 heterocycles. The minimum absolute atomic E-state index is 0.104. The van der Waals surface area contributed by atoms with Crippen molar-refractivity contribution in [2.75, 3.05) is 27.7 Å². The first-order chi connectivity index (χ1) is 8.05. The molecule has 2 unspecified atom stereocenters. The molecule has 0 aliphatic heterocycles. The maximum atomic E-state index is 10.1. The van der Waals surface area contributed by atoms with Crippen LogP contribution >= 0.6 is 0 Å². The average molecular weight is 240 g/mol. The molecule has 0 radical (unpaired) electrons. The number of hydrogen-bond acceptors (Lipinski definition) is 3. The molecule has 2 atom stereocenters. The van der Waals surface area contributed by atoms with Crippen LogP contribution in [0.5, 0.6) is 0 Å². The summed E-state index contributed by atoms with van der Waals surface area (Å²) in [6.45, 7) is 1.11. The number of nitrogens with zero attached hydrogens (tertiary/aromatic N) is 2. The zero-order valence-corrected chi connectivity index (χ0v) is 11.7. The molecule has 3 heteroatoms. The van der Waals surface area contributed by atoms with Gasteiger partial charge in [-0.2, -0.15) is 0 Å². The van der Waals surface area contributed by atoms with Gasteiger partial charge >= 0.3 is 0 Å². The van der Waals surface area contributed by atoms with E-state index in [9.17, 15) is 5.11 Å². The highest BCUT2D eigenvalue weighted by molar-refractivity contribution is 4.99. The van der Waals surface area contributed by atoms with Crippen molar-refractivity contribution < 1.29 is 5.11 Å². The Balaban J connectivity index is 1.93. The molecule has 0 spiro atoms. The van der Waals surface area contributed by atoms with E-state index in [0.717, 1.165) is 13.0 Å². The SMILES string of the molecule is CN(CC1(N(C)C)CCC1)C1CCCCC1O. The van der Waals surface area contributed by atoms with E-state index in [1.54, 1.807) is 0 Å². The van der Waals surface area contributed by atoms with Gasteiger partial charge in [0.05, 0.1) is 6.10 Å². The number of likely N-dealkylation sites (N-methyl/N-ethyl adjacent to an activating group) is 2. The topological polar surface area (TPSA) is 26.7 Å². The number of aliphatic hydroxyl groups excluding tert-OH is 1. The lowest BCUT2D eigenvalue weighted by Gasteiger charge is -2.51. The predicted octanol–water partition coefficient (Wildman–Crippen LogP) is 1.71. The molecule has 2 aliphatic carbocycles. The van der Waals surface area contributed by atoms with Crippen LogP contribution in [-0.2, 0) is 0 Å². The summed E-state index contributed by atoms with van der Waals surface area (Å²) in [7, 11) is 6.59. The first kappa shape index (κ1) is 13.3. The highest BCUT2D eigenvalue weighted by atomic mass is 16.3. The van der Waals surface area contributed by atoms with E-state index in [-0.39, 0.29) is 6.10 Å². The summed E-state index contributed by atoms with van der Waals surface area (Å²) >= 11 is 0. The fourth-order valence-electron chi connectivity index (χ4n) is 3.52. The molecule has 1 N–H and O–H groups in total. The van der Waals surface area contributed by atoms with Gasteiger partial charge in [0.1, 0.15) is 0 Å². The Morgan fingerprint density at radius 2 is 1.71 bits per heavy atom. The van der Waals surface area contributed by atoms with Crippen LogP contribution in [0.2, 0.25) is 0 Å². The van der Waals surface area contributed by atoms with Crippen molar-refractivity contribution in [1.82, 2.24) is 9.80 Å². The Morgan fingerprint density at radius 1 is 1.06 bits per heavy atom. The van der Waals surface area contributed by atoms with Gasteiger partial charge in [0.2, 0.25) is 0 Å². The molecule has 2 saturated carbocycles. The fraction of sp³-hybridized carbons (Fsp3) is 1.00. The third-order valence-corrected chi connectivity index (χ3v) is 5.04. The predicted molar refractivity (Wildman–Crippen MR) is 71.2 cm³/mol. The Hall–Kier alpha value is -0.120. The van der Waals surface area contributed by atoms with Crippen molar-refractivity contribution >= 4 is 0 Å². The van der Waals surface area contributed by atoms with E-state index in [0.29, 0.717) is 11.6 Å². The van der Waals surface area contributed by atoms with Gasteiger partial charge in [0, 0.05) is 18.1 Å². The Kier molecular flexibility index (Phi) is 4.11. The molecule has 17 heavy (non-hydrogen) atoms. The fourth-order valence-corrected chi connectivity index (χ4v) is 3.52. The quantitative estimate of drug-likeness (QED) is 0.810. The van der Waals surface area contributed by atoms with Crippen LogP contribution in [0.25, 0.3) is 0 Å². The second kappa shape index (κ2) is 5.25. The molecule has 2 rings (SSSR count). The number of rotatable bonds is 4. The van der Waals surface area contributed by atoms with Gasteiger partial charge in [0.15, 0.2) is 0 Å². The van der Waals surface area contributed by atoms with Crippen molar-refractivity contribution in [2.45, 2.75) is 62.6 Å². The highest BCUT2D eigenvalue weighted by Gasteiger charge is 2.41. The first-order valence-electron chi connectivity index (χ1n) is 7.11. The third kappa shape index (κ3) is 2.67. The molecule has 100 valence electrons. The molecule has 0 aromatic heterocycles. The Morgan fingerprint density at radius 3 is 2.18 bits per heavy atom. The van der Waals surface area contributed by atoms with E-state index in [2.05, 4.69) is 30.9 Å². The average Bonchev–Trinajstić information content (AvgIpc) is 2.23. The second-order valence-corrected chi connectivity index (χ2v) is 6.31. The monoisotopic (exact) mass is 240 g/mol. The van der Waals surface area contributed by atoms with Crippen molar-refractivity contribution in [3.05, 3.63) is 0 Å². The minimum atomic E-state index is -0.104. The molecule has 0 aromatic rings. The van der Waals surface area contributed by atoms with Gasteiger partial charge in [-0.15, -0.1) is 0 Å². The lowest BCUT2D eigenvalue weighted by molar-refractivity contribution is -0.0231. The Bertz CT molecular complexity index is 251. The zero-order valence-electron chi connectivity index (χ0n) is 11.7. The molecule has 0 aromatic carbocycles. The van der Waals surface area contributed by atoms with Gasteiger partial charge in [-0.1, -0.05) is 12.8 Å². The van der Waals surface area contributed by atoms with Crippen molar-refractivity contribution in [1.29, 1.82) is 0 Å². The standard InChI is InChI=1S/C14H28N2O/c1-15(2)14(9-6-10-14)11-16(3)12-7-4-5-8-13(12)17/h12-13,17H,4-11H2,1-3H3. The molecular formula is C14H28N2O. The number of aliphatic hydroxyl groups is 1. The lowest BCUT2D eigenvalue weighted by atomic mass is 9.75. The minimum Gasteiger partial charge on any atom is -0.391 e. The van der Waals surface area contributed by atoms with Crippen molar-refractivity contribution in [3.63, 3.8) is 0 Å². The molecule has 3 nitrogen and oxygen atoms in total. The largest absolute Gasteiger partial charge is 0.391 e. The van der Waals surface area contributed by atoms with Crippen LogP contribution < -0.4 is 0 Å². The van der Waals surface area contributed by atoms with E-state index < -0.39 is 0 Å². The van der Waals surface area contributed by atoms with E-state index >= 15 is 0 Å². The van der Waals surface area contributed by atoms with Crippen LogP contribution in [0.15, 0.2) is 0 Å². The maximum Gasteiger partial charge on any atom is 0.0695 e. The Labute approximate surface area is 106 Å². The van der Waals surface area contributed by atoms with Gasteiger partial charge in [-0.25, -0.2) is 0 Å². The van der Waals surface area contributed by atoms with E-state index in [1.165, 1.54) is 38.5 Å². The zero-order chi connectivity index (χ0) is 12.5. The summed E-state index contributed by atoms with van der Waals surface area (Å²) < 4.78 is 0. The highest BCUT2D eigenvalue weighted by Crippen LogP contribution is 2.37. The summed E-state index contributed by atoms with van der Waals surface area (Å²) in [5.41, 5.74) is 0.381. The van der Waals surface area contributed by atoms with E-state index in [1.807, 2.05) is 0 Å². The molecule has 0 saturated heterocycles. The van der Waals surface area contributed by atoms with Crippen LogP contribution in [0.3, 0.4) is 0 Å².